The van der Waals surface area contributed by atoms with Crippen molar-refractivity contribution in [1.29, 1.82) is 0 Å². The summed E-state index contributed by atoms with van der Waals surface area (Å²) in [6, 6.07) is 26.4. The molecule has 0 aliphatic rings. The van der Waals surface area contributed by atoms with Crippen molar-refractivity contribution in [2.75, 3.05) is 0 Å². The Hall–Kier alpha value is -3.71. The van der Waals surface area contributed by atoms with E-state index in [2.05, 4.69) is 15.2 Å². The van der Waals surface area contributed by atoms with Crippen molar-refractivity contribution in [2.45, 2.75) is 17.5 Å². The van der Waals surface area contributed by atoms with Crippen molar-refractivity contribution in [2.24, 2.45) is 0 Å². The van der Waals surface area contributed by atoms with E-state index in [1.54, 1.807) is 24.5 Å². The number of hydrogen-bond acceptors (Lipinski definition) is 5. The van der Waals surface area contributed by atoms with Gasteiger partial charge in [-0.05, 0) is 29.8 Å². The zero-order chi connectivity index (χ0) is 21.8. The largest absolute Gasteiger partial charge is 0.444 e. The average molecular weight is 443 g/mol. The predicted octanol–water partition coefficient (Wildman–Crippen LogP) is 6.08. The number of halogens is 1. The summed E-state index contributed by atoms with van der Waals surface area (Å²) in [6.45, 7) is 0.536. The van der Waals surface area contributed by atoms with Gasteiger partial charge in [-0.2, -0.15) is 0 Å². The van der Waals surface area contributed by atoms with Gasteiger partial charge in [0, 0.05) is 11.3 Å². The molecule has 5 rings (SSSR count). The van der Waals surface area contributed by atoms with E-state index in [1.165, 1.54) is 17.8 Å². The first kappa shape index (κ1) is 20.2. The SMILES string of the molecule is Fc1ccccc1-c1nnc(SCc2coc(-c3ccccc3)n2)n1Cc1ccccc1. The van der Waals surface area contributed by atoms with Gasteiger partial charge in [-0.15, -0.1) is 10.2 Å². The molecular weight excluding hydrogens is 423 g/mol. The number of benzene rings is 3. The van der Waals surface area contributed by atoms with Gasteiger partial charge in [-0.1, -0.05) is 72.4 Å². The van der Waals surface area contributed by atoms with Gasteiger partial charge in [0.15, 0.2) is 11.0 Å². The standard InChI is InChI=1S/C25H19FN4OS/c26-22-14-8-7-13-21(22)23-28-29-25(30(23)15-18-9-3-1-4-10-18)32-17-20-16-31-24(27-20)19-11-5-2-6-12-19/h1-14,16H,15,17H2. The van der Waals surface area contributed by atoms with E-state index in [0.717, 1.165) is 16.8 Å². The first-order chi connectivity index (χ1) is 15.8. The van der Waals surface area contributed by atoms with E-state index in [0.29, 0.717) is 34.7 Å². The molecule has 5 aromatic rings. The smallest absolute Gasteiger partial charge is 0.226 e. The minimum Gasteiger partial charge on any atom is -0.444 e. The highest BCUT2D eigenvalue weighted by molar-refractivity contribution is 7.98. The van der Waals surface area contributed by atoms with E-state index in [4.69, 9.17) is 4.42 Å². The van der Waals surface area contributed by atoms with Gasteiger partial charge in [-0.25, -0.2) is 9.37 Å². The maximum atomic E-state index is 14.5. The van der Waals surface area contributed by atoms with Crippen LogP contribution in [0.15, 0.2) is 101 Å². The maximum Gasteiger partial charge on any atom is 0.226 e. The number of rotatable bonds is 7. The highest BCUT2D eigenvalue weighted by atomic mass is 32.2. The van der Waals surface area contributed by atoms with E-state index in [1.807, 2.05) is 65.2 Å². The van der Waals surface area contributed by atoms with Gasteiger partial charge in [0.2, 0.25) is 5.89 Å². The molecule has 0 aliphatic heterocycles. The Bertz CT molecular complexity index is 1320. The normalized spacial score (nSPS) is 11.0. The third-order valence-corrected chi connectivity index (χ3v) is 5.94. The van der Waals surface area contributed by atoms with Crippen molar-refractivity contribution in [3.63, 3.8) is 0 Å². The van der Waals surface area contributed by atoms with Crippen molar-refractivity contribution in [3.05, 3.63) is 108 Å². The Morgan fingerprint density at radius 3 is 2.34 bits per heavy atom. The molecule has 158 valence electrons. The van der Waals surface area contributed by atoms with Gasteiger partial charge < -0.3 is 4.42 Å². The second-order valence-electron chi connectivity index (χ2n) is 7.16. The lowest BCUT2D eigenvalue weighted by atomic mass is 10.2. The van der Waals surface area contributed by atoms with Crippen LogP contribution in [0.1, 0.15) is 11.3 Å². The van der Waals surface area contributed by atoms with Crippen LogP contribution in [0.25, 0.3) is 22.8 Å². The van der Waals surface area contributed by atoms with Gasteiger partial charge in [0.25, 0.3) is 0 Å². The maximum absolute atomic E-state index is 14.5. The number of oxazole rings is 1. The summed E-state index contributed by atoms with van der Waals surface area (Å²) in [5.74, 6) is 1.31. The molecule has 7 heteroatoms. The summed E-state index contributed by atoms with van der Waals surface area (Å²) in [5, 5.41) is 9.37. The van der Waals surface area contributed by atoms with E-state index < -0.39 is 0 Å². The summed E-state index contributed by atoms with van der Waals surface area (Å²) < 4.78 is 22.1. The number of hydrogen-bond donors (Lipinski definition) is 0. The first-order valence-electron chi connectivity index (χ1n) is 10.1. The molecule has 0 spiro atoms. The zero-order valence-electron chi connectivity index (χ0n) is 17.1. The molecule has 2 aromatic heterocycles. The minimum absolute atomic E-state index is 0.324. The molecule has 0 fully saturated rings. The van der Waals surface area contributed by atoms with Gasteiger partial charge in [-0.3, -0.25) is 4.57 Å². The van der Waals surface area contributed by atoms with Crippen LogP contribution in [0.2, 0.25) is 0 Å². The van der Waals surface area contributed by atoms with Crippen LogP contribution in [-0.4, -0.2) is 19.7 Å². The van der Waals surface area contributed by atoms with Crippen LogP contribution < -0.4 is 0 Å². The van der Waals surface area contributed by atoms with Gasteiger partial charge in [0.1, 0.15) is 12.1 Å². The van der Waals surface area contributed by atoms with Crippen molar-refractivity contribution < 1.29 is 8.81 Å². The molecule has 3 aromatic carbocycles. The molecule has 5 nitrogen and oxygen atoms in total. The topological polar surface area (TPSA) is 56.7 Å². The molecule has 0 N–H and O–H groups in total. The van der Waals surface area contributed by atoms with Crippen LogP contribution in [0.5, 0.6) is 0 Å². The lowest BCUT2D eigenvalue weighted by Gasteiger charge is -2.10. The molecular formula is C25H19FN4OS. The number of nitrogens with zero attached hydrogens (tertiary/aromatic N) is 4. The first-order valence-corrected chi connectivity index (χ1v) is 11.1. The summed E-state index contributed by atoms with van der Waals surface area (Å²) in [7, 11) is 0. The summed E-state index contributed by atoms with van der Waals surface area (Å²) >= 11 is 1.49. The molecule has 0 aliphatic carbocycles. The Morgan fingerprint density at radius 2 is 1.56 bits per heavy atom. The van der Waals surface area contributed by atoms with Crippen LogP contribution in [0.4, 0.5) is 4.39 Å². The molecule has 0 saturated heterocycles. The van der Waals surface area contributed by atoms with Crippen LogP contribution >= 0.6 is 11.8 Å². The Morgan fingerprint density at radius 1 is 0.844 bits per heavy atom. The molecule has 0 radical (unpaired) electrons. The third-order valence-electron chi connectivity index (χ3n) is 4.94. The van der Waals surface area contributed by atoms with E-state index >= 15 is 0 Å². The summed E-state index contributed by atoms with van der Waals surface area (Å²) in [6.07, 6.45) is 1.66. The fraction of sp³-hybridized carbons (Fsp3) is 0.0800. The molecule has 0 atom stereocenters. The third kappa shape index (κ3) is 4.33. The molecule has 2 heterocycles. The second-order valence-corrected chi connectivity index (χ2v) is 8.10. The summed E-state index contributed by atoms with van der Waals surface area (Å²) in [5.41, 5.74) is 3.24. The molecule has 0 bridgehead atoms. The lowest BCUT2D eigenvalue weighted by molar-refractivity contribution is 0.573. The van der Waals surface area contributed by atoms with Crippen LogP contribution in [0, 0.1) is 5.82 Å². The van der Waals surface area contributed by atoms with E-state index in [9.17, 15) is 4.39 Å². The number of aromatic nitrogens is 4. The van der Waals surface area contributed by atoms with E-state index in [-0.39, 0.29) is 5.82 Å². The highest BCUT2D eigenvalue weighted by Crippen LogP contribution is 2.29. The van der Waals surface area contributed by atoms with Gasteiger partial charge >= 0.3 is 0 Å². The van der Waals surface area contributed by atoms with Crippen LogP contribution in [0.3, 0.4) is 0 Å². The fourth-order valence-corrected chi connectivity index (χ4v) is 4.19. The predicted molar refractivity (Wildman–Crippen MR) is 122 cm³/mol. The van der Waals surface area contributed by atoms with Crippen molar-refractivity contribution in [3.8, 4) is 22.8 Å². The van der Waals surface area contributed by atoms with Crippen molar-refractivity contribution >= 4 is 11.8 Å². The van der Waals surface area contributed by atoms with Crippen LogP contribution in [-0.2, 0) is 12.3 Å². The highest BCUT2D eigenvalue weighted by Gasteiger charge is 2.18. The Labute approximate surface area is 189 Å². The fourth-order valence-electron chi connectivity index (χ4n) is 3.37. The molecule has 0 saturated carbocycles. The quantitative estimate of drug-likeness (QED) is 0.286. The molecule has 0 unspecified atom stereocenters. The lowest BCUT2D eigenvalue weighted by Crippen LogP contribution is -2.05. The average Bonchev–Trinajstić information content (AvgIpc) is 3.47. The molecule has 32 heavy (non-hydrogen) atoms. The zero-order valence-corrected chi connectivity index (χ0v) is 17.9. The second kappa shape index (κ2) is 9.20. The Kier molecular flexibility index (Phi) is 5.81. The Balaban J connectivity index is 1.42. The minimum atomic E-state index is -0.324. The van der Waals surface area contributed by atoms with Crippen molar-refractivity contribution in [1.82, 2.24) is 19.7 Å². The van der Waals surface area contributed by atoms with Gasteiger partial charge in [0.05, 0.1) is 17.8 Å². The number of thioether (sulfide) groups is 1. The monoisotopic (exact) mass is 442 g/mol. The summed E-state index contributed by atoms with van der Waals surface area (Å²) in [4.78, 5) is 4.58. The molecule has 0 amide bonds.